The van der Waals surface area contributed by atoms with Crippen molar-refractivity contribution in [3.63, 3.8) is 0 Å². The first-order valence-corrected chi connectivity index (χ1v) is 8.46. The maximum atomic E-state index is 12.1. The van der Waals surface area contributed by atoms with Gasteiger partial charge >= 0.3 is 11.9 Å². The molecular weight excluding hydrogens is 371 g/mol. The zero-order valence-corrected chi connectivity index (χ0v) is 14.3. The van der Waals surface area contributed by atoms with Crippen molar-refractivity contribution in [3.05, 3.63) is 33.9 Å². The van der Waals surface area contributed by atoms with Crippen molar-refractivity contribution in [1.29, 1.82) is 0 Å². The molecule has 0 saturated carbocycles. The minimum absolute atomic E-state index is 0.131. The molecule has 0 saturated heterocycles. The van der Waals surface area contributed by atoms with Gasteiger partial charge in [0.25, 0.3) is 0 Å². The van der Waals surface area contributed by atoms with Gasteiger partial charge < -0.3 is 9.47 Å². The number of carbonyl (C=O) groups excluding carboxylic acids is 2. The van der Waals surface area contributed by atoms with Crippen LogP contribution in [-0.2, 0) is 19.1 Å². The van der Waals surface area contributed by atoms with Gasteiger partial charge in [-0.1, -0.05) is 38.9 Å². The molecule has 0 heterocycles. The summed E-state index contributed by atoms with van der Waals surface area (Å²) in [5.41, 5.74) is -0.630. The highest BCUT2D eigenvalue weighted by molar-refractivity contribution is 14.2. The SMILES string of the molecule is CCOC(=O)C(=Ic1ccccc1)C(=O)OC(C)(C)C. The number of halogens is 1. The highest BCUT2D eigenvalue weighted by atomic mass is 127. The molecule has 0 fully saturated rings. The maximum Gasteiger partial charge on any atom is 0.351 e. The summed E-state index contributed by atoms with van der Waals surface area (Å²) in [5, 5.41) is 0. The Bertz CT molecular complexity index is 500. The number of hydrogen-bond acceptors (Lipinski definition) is 4. The molecule has 0 aliphatic rings. The van der Waals surface area contributed by atoms with Crippen molar-refractivity contribution in [2.45, 2.75) is 33.3 Å². The summed E-state index contributed by atoms with van der Waals surface area (Å²) in [4.78, 5) is 24.1. The minimum Gasteiger partial charge on any atom is -0.462 e. The molecule has 1 aromatic rings. The lowest BCUT2D eigenvalue weighted by atomic mass is 10.2. The average molecular weight is 390 g/mol. The van der Waals surface area contributed by atoms with Crippen LogP contribution >= 0.6 is 20.7 Å². The van der Waals surface area contributed by atoms with Crippen LogP contribution in [0.1, 0.15) is 27.7 Å². The van der Waals surface area contributed by atoms with Gasteiger partial charge in [-0.05, 0) is 39.8 Å². The summed E-state index contributed by atoms with van der Waals surface area (Å²) in [6, 6.07) is 9.46. The average Bonchev–Trinajstić information content (AvgIpc) is 2.35. The van der Waals surface area contributed by atoms with Gasteiger partial charge in [0.2, 0.25) is 0 Å². The van der Waals surface area contributed by atoms with Gasteiger partial charge in [0.15, 0.2) is 3.51 Å². The fourth-order valence-corrected chi connectivity index (χ4v) is 3.37. The Balaban J connectivity index is 3.06. The molecule has 0 atom stereocenters. The molecule has 0 aromatic heterocycles. The van der Waals surface area contributed by atoms with Crippen LogP contribution in [0.4, 0.5) is 0 Å². The predicted molar refractivity (Wildman–Crippen MR) is 86.6 cm³/mol. The van der Waals surface area contributed by atoms with Crippen molar-refractivity contribution < 1.29 is 19.1 Å². The van der Waals surface area contributed by atoms with Crippen LogP contribution in [0, 0.1) is 3.57 Å². The van der Waals surface area contributed by atoms with Gasteiger partial charge in [-0.3, -0.25) is 0 Å². The highest BCUT2D eigenvalue weighted by Crippen LogP contribution is 2.17. The molecular formula is C15H19IO4. The van der Waals surface area contributed by atoms with E-state index < -0.39 is 38.3 Å². The summed E-state index contributed by atoms with van der Waals surface area (Å²) in [7, 11) is 0. The van der Waals surface area contributed by atoms with Gasteiger partial charge in [0.1, 0.15) is 5.60 Å². The molecule has 0 bridgehead atoms. The third-order valence-corrected chi connectivity index (χ3v) is 4.73. The summed E-state index contributed by atoms with van der Waals surface area (Å²) in [6.45, 7) is 7.27. The molecule has 0 radical (unpaired) electrons. The topological polar surface area (TPSA) is 52.6 Å². The minimum atomic E-state index is -0.919. The lowest BCUT2D eigenvalue weighted by Gasteiger charge is -2.19. The quantitative estimate of drug-likeness (QED) is 0.451. The number of carbonyl (C=O) groups is 2. The maximum absolute atomic E-state index is 12.1. The highest BCUT2D eigenvalue weighted by Gasteiger charge is 2.26. The van der Waals surface area contributed by atoms with Gasteiger partial charge in [0.05, 0.1) is 6.61 Å². The number of benzene rings is 1. The number of ether oxygens (including phenoxy) is 2. The Morgan fingerprint density at radius 2 is 1.70 bits per heavy atom. The Morgan fingerprint density at radius 3 is 2.20 bits per heavy atom. The van der Waals surface area contributed by atoms with E-state index in [0.29, 0.717) is 0 Å². The largest absolute Gasteiger partial charge is 0.462 e. The van der Waals surface area contributed by atoms with E-state index >= 15 is 0 Å². The monoisotopic (exact) mass is 390 g/mol. The van der Waals surface area contributed by atoms with E-state index in [1.807, 2.05) is 30.3 Å². The van der Waals surface area contributed by atoms with E-state index in [-0.39, 0.29) is 10.1 Å². The smallest absolute Gasteiger partial charge is 0.351 e. The fraction of sp³-hybridized carbons (Fsp3) is 0.400. The van der Waals surface area contributed by atoms with E-state index in [9.17, 15) is 9.59 Å². The third kappa shape index (κ3) is 5.81. The van der Waals surface area contributed by atoms with E-state index in [4.69, 9.17) is 9.47 Å². The number of rotatable bonds is 4. The van der Waals surface area contributed by atoms with Crippen molar-refractivity contribution in [1.82, 2.24) is 0 Å². The van der Waals surface area contributed by atoms with Gasteiger partial charge in [-0.25, -0.2) is 9.59 Å². The van der Waals surface area contributed by atoms with Crippen LogP contribution in [0.3, 0.4) is 0 Å². The summed E-state index contributed by atoms with van der Waals surface area (Å²) < 4.78 is 11.4. The van der Waals surface area contributed by atoms with Gasteiger partial charge in [-0.2, -0.15) is 0 Å². The third-order valence-electron chi connectivity index (χ3n) is 1.97. The molecule has 110 valence electrons. The molecule has 0 unspecified atom stereocenters. The van der Waals surface area contributed by atoms with Gasteiger partial charge in [-0.15, -0.1) is 0 Å². The molecule has 20 heavy (non-hydrogen) atoms. The Kier molecular flexibility index (Phi) is 6.32. The van der Waals surface area contributed by atoms with Crippen molar-refractivity contribution >= 4 is 36.2 Å². The Labute approximate surface area is 129 Å². The molecule has 0 aliphatic carbocycles. The van der Waals surface area contributed by atoms with Crippen molar-refractivity contribution in [2.75, 3.05) is 6.61 Å². The Morgan fingerprint density at radius 1 is 1.10 bits per heavy atom. The second-order valence-corrected chi connectivity index (χ2v) is 7.79. The molecule has 1 aromatic carbocycles. The molecule has 0 amide bonds. The second kappa shape index (κ2) is 7.52. The van der Waals surface area contributed by atoms with Gasteiger partial charge in [0, 0.05) is 3.57 Å². The van der Waals surface area contributed by atoms with E-state index in [2.05, 4.69) is 0 Å². The number of hydrogen-bond donors (Lipinski definition) is 0. The molecule has 0 N–H and O–H groups in total. The van der Waals surface area contributed by atoms with E-state index in [0.717, 1.165) is 3.57 Å². The molecule has 1 rings (SSSR count). The van der Waals surface area contributed by atoms with Crippen molar-refractivity contribution in [2.24, 2.45) is 0 Å². The zero-order chi connectivity index (χ0) is 15.2. The first kappa shape index (κ1) is 16.8. The summed E-state index contributed by atoms with van der Waals surface area (Å²) in [5.74, 6) is -1.15. The standard InChI is InChI=1S/C15H19IO4/c1-5-19-13(17)12(14(18)20-15(2,3)4)16-11-9-7-6-8-10-11/h6-10H,5H2,1-4H3. The normalized spacial score (nSPS) is 12.3. The van der Waals surface area contributed by atoms with E-state index in [1.165, 1.54) is 0 Å². The second-order valence-electron chi connectivity index (χ2n) is 4.93. The molecule has 5 heteroatoms. The first-order valence-electron chi connectivity index (χ1n) is 6.31. The predicted octanol–water partition coefficient (Wildman–Crippen LogP) is 2.90. The lowest BCUT2D eigenvalue weighted by Crippen LogP contribution is -2.33. The fourth-order valence-electron chi connectivity index (χ4n) is 1.26. The van der Waals surface area contributed by atoms with Crippen LogP contribution < -0.4 is 0 Å². The van der Waals surface area contributed by atoms with Crippen molar-refractivity contribution in [3.8, 4) is 0 Å². The van der Waals surface area contributed by atoms with Crippen LogP contribution in [0.5, 0.6) is 0 Å². The van der Waals surface area contributed by atoms with Crippen LogP contribution in [0.2, 0.25) is 0 Å². The molecule has 0 spiro atoms. The zero-order valence-electron chi connectivity index (χ0n) is 12.1. The van der Waals surface area contributed by atoms with Crippen LogP contribution in [0.15, 0.2) is 30.3 Å². The van der Waals surface area contributed by atoms with Crippen LogP contribution in [-0.4, -0.2) is 27.7 Å². The van der Waals surface area contributed by atoms with Crippen LogP contribution in [0.25, 0.3) is 0 Å². The summed E-state index contributed by atoms with van der Waals surface area (Å²) >= 11 is -0.919. The number of esters is 2. The first-order chi connectivity index (χ1) is 9.33. The molecule has 0 aliphatic heterocycles. The van der Waals surface area contributed by atoms with E-state index in [1.54, 1.807) is 27.7 Å². The lowest BCUT2D eigenvalue weighted by molar-refractivity contribution is -0.147. The Hall–Kier alpha value is -1.24. The summed E-state index contributed by atoms with van der Waals surface area (Å²) in [6.07, 6.45) is 0. The molecule has 4 nitrogen and oxygen atoms in total.